The zero-order valence-corrected chi connectivity index (χ0v) is 17.2. The van der Waals surface area contributed by atoms with Crippen LogP contribution in [0.3, 0.4) is 0 Å². The highest BCUT2D eigenvalue weighted by molar-refractivity contribution is 5.93. The maximum absolute atomic E-state index is 12.7. The molecule has 0 bridgehead atoms. The summed E-state index contributed by atoms with van der Waals surface area (Å²) in [7, 11) is 3.59. The molecule has 0 aliphatic carbocycles. The van der Waals surface area contributed by atoms with Crippen LogP contribution in [0, 0.1) is 5.92 Å². The fraction of sp³-hybridized carbons (Fsp3) is 0.545. The molecule has 1 saturated heterocycles. The number of rotatable bonds is 8. The van der Waals surface area contributed by atoms with Crippen molar-refractivity contribution in [3.63, 3.8) is 0 Å². The third-order valence-corrected chi connectivity index (χ3v) is 5.54. The molecule has 0 spiro atoms. The van der Waals surface area contributed by atoms with Gasteiger partial charge in [0.25, 0.3) is 5.91 Å². The first-order valence-corrected chi connectivity index (χ1v) is 10.1. The topological polar surface area (TPSA) is 58.8 Å². The minimum absolute atomic E-state index is 0.0447. The van der Waals surface area contributed by atoms with Gasteiger partial charge in [0.2, 0.25) is 0 Å². The second kappa shape index (κ2) is 9.73. The summed E-state index contributed by atoms with van der Waals surface area (Å²) < 4.78 is 10.8. The molecule has 28 heavy (non-hydrogen) atoms. The number of hydrogen-bond donors (Lipinski definition) is 0. The fourth-order valence-electron chi connectivity index (χ4n) is 4.04. The standard InChI is InChI=1S/C22H31N3O3/c1-4-19-21(23-16-28-19)22(26)24(2)14-17-8-7-12-25(15-17)13-11-18-9-5-6-10-20(18)27-3/h5-6,9-10,16-17H,4,7-8,11-15H2,1-3H3/t17-/m0/s1. The van der Waals surface area contributed by atoms with E-state index in [1.54, 1.807) is 12.0 Å². The molecule has 0 N–H and O–H groups in total. The van der Waals surface area contributed by atoms with Crippen LogP contribution in [0.1, 0.15) is 41.6 Å². The SMILES string of the molecule is CCc1ocnc1C(=O)N(C)C[C@@H]1CCCN(CCc2ccccc2OC)C1. The predicted molar refractivity (Wildman–Crippen MR) is 109 cm³/mol. The van der Waals surface area contributed by atoms with Crippen LogP contribution >= 0.6 is 0 Å². The Labute approximate surface area is 167 Å². The van der Waals surface area contributed by atoms with E-state index in [4.69, 9.17) is 9.15 Å². The average Bonchev–Trinajstić information content (AvgIpc) is 3.21. The monoisotopic (exact) mass is 385 g/mol. The molecule has 0 saturated carbocycles. The summed E-state index contributed by atoms with van der Waals surface area (Å²) in [4.78, 5) is 21.1. The molecule has 1 aliphatic rings. The van der Waals surface area contributed by atoms with E-state index in [0.29, 0.717) is 23.8 Å². The van der Waals surface area contributed by atoms with Crippen molar-refractivity contribution in [3.8, 4) is 5.75 Å². The van der Waals surface area contributed by atoms with Crippen LogP contribution in [0.25, 0.3) is 0 Å². The van der Waals surface area contributed by atoms with Crippen LogP contribution in [0.15, 0.2) is 35.1 Å². The summed E-state index contributed by atoms with van der Waals surface area (Å²) in [6.45, 7) is 5.87. The van der Waals surface area contributed by atoms with E-state index >= 15 is 0 Å². The molecule has 2 aromatic rings. The summed E-state index contributed by atoms with van der Waals surface area (Å²) in [5.74, 6) is 2.06. The molecular weight excluding hydrogens is 354 g/mol. The van der Waals surface area contributed by atoms with Crippen molar-refractivity contribution in [3.05, 3.63) is 47.7 Å². The Bertz CT molecular complexity index is 774. The van der Waals surface area contributed by atoms with Gasteiger partial charge < -0.3 is 19.0 Å². The zero-order valence-electron chi connectivity index (χ0n) is 17.2. The Morgan fingerprint density at radius 1 is 1.39 bits per heavy atom. The second-order valence-corrected chi connectivity index (χ2v) is 7.53. The highest BCUT2D eigenvalue weighted by Crippen LogP contribution is 2.22. The Morgan fingerprint density at radius 2 is 2.21 bits per heavy atom. The van der Waals surface area contributed by atoms with Gasteiger partial charge in [0.1, 0.15) is 11.5 Å². The molecule has 1 atom stereocenters. The fourth-order valence-corrected chi connectivity index (χ4v) is 4.04. The number of carbonyl (C=O) groups is 1. The lowest BCUT2D eigenvalue weighted by Crippen LogP contribution is -2.42. The Kier molecular flexibility index (Phi) is 7.09. The van der Waals surface area contributed by atoms with Gasteiger partial charge in [-0.15, -0.1) is 0 Å². The number of nitrogens with zero attached hydrogens (tertiary/aromatic N) is 3. The average molecular weight is 386 g/mol. The van der Waals surface area contributed by atoms with Crippen molar-refractivity contribution in [1.82, 2.24) is 14.8 Å². The first-order chi connectivity index (χ1) is 13.6. The number of piperidine rings is 1. The lowest BCUT2D eigenvalue weighted by molar-refractivity contribution is 0.0723. The number of amides is 1. The molecule has 3 rings (SSSR count). The van der Waals surface area contributed by atoms with Crippen molar-refractivity contribution in [2.45, 2.75) is 32.6 Å². The van der Waals surface area contributed by atoms with Gasteiger partial charge in [-0.25, -0.2) is 4.98 Å². The lowest BCUT2D eigenvalue weighted by Gasteiger charge is -2.34. The predicted octanol–water partition coefficient (Wildman–Crippen LogP) is 3.27. The summed E-state index contributed by atoms with van der Waals surface area (Å²) in [6.07, 6.45) is 5.34. The maximum atomic E-state index is 12.7. The Balaban J connectivity index is 1.52. The van der Waals surface area contributed by atoms with Crippen molar-refractivity contribution in [1.29, 1.82) is 0 Å². The van der Waals surface area contributed by atoms with E-state index in [0.717, 1.165) is 44.8 Å². The smallest absolute Gasteiger partial charge is 0.275 e. The Hall–Kier alpha value is -2.34. The molecule has 1 amide bonds. The number of oxazole rings is 1. The number of likely N-dealkylation sites (tertiary alicyclic amines) is 1. The molecule has 1 aromatic carbocycles. The van der Waals surface area contributed by atoms with Crippen molar-refractivity contribution in [2.24, 2.45) is 5.92 Å². The van der Waals surface area contributed by atoms with Gasteiger partial charge >= 0.3 is 0 Å². The largest absolute Gasteiger partial charge is 0.496 e. The van der Waals surface area contributed by atoms with E-state index in [1.807, 2.05) is 26.1 Å². The second-order valence-electron chi connectivity index (χ2n) is 7.53. The number of para-hydroxylation sites is 1. The zero-order chi connectivity index (χ0) is 19.9. The van der Waals surface area contributed by atoms with Gasteiger partial charge in [0, 0.05) is 33.1 Å². The van der Waals surface area contributed by atoms with E-state index in [-0.39, 0.29) is 5.91 Å². The molecule has 152 valence electrons. The van der Waals surface area contributed by atoms with Crippen LogP contribution in [-0.4, -0.2) is 61.0 Å². The number of carbonyl (C=O) groups excluding carboxylic acids is 1. The Morgan fingerprint density at radius 3 is 3.00 bits per heavy atom. The van der Waals surface area contributed by atoms with Crippen molar-refractivity contribution >= 4 is 5.91 Å². The minimum atomic E-state index is -0.0447. The van der Waals surface area contributed by atoms with Gasteiger partial charge in [0.05, 0.1) is 7.11 Å². The summed E-state index contributed by atoms with van der Waals surface area (Å²) in [5, 5.41) is 0. The molecule has 1 aliphatic heterocycles. The van der Waals surface area contributed by atoms with E-state index in [1.165, 1.54) is 18.4 Å². The van der Waals surface area contributed by atoms with Crippen LogP contribution < -0.4 is 4.74 Å². The first kappa shape index (κ1) is 20.4. The highest BCUT2D eigenvalue weighted by Gasteiger charge is 2.25. The summed E-state index contributed by atoms with van der Waals surface area (Å²) in [6, 6.07) is 8.22. The van der Waals surface area contributed by atoms with E-state index in [2.05, 4.69) is 22.0 Å². The van der Waals surface area contributed by atoms with Crippen molar-refractivity contribution in [2.75, 3.05) is 40.3 Å². The van der Waals surface area contributed by atoms with Gasteiger partial charge in [-0.3, -0.25) is 4.79 Å². The van der Waals surface area contributed by atoms with Gasteiger partial charge in [-0.1, -0.05) is 25.1 Å². The highest BCUT2D eigenvalue weighted by atomic mass is 16.5. The van der Waals surface area contributed by atoms with Gasteiger partial charge in [-0.2, -0.15) is 0 Å². The maximum Gasteiger partial charge on any atom is 0.275 e. The minimum Gasteiger partial charge on any atom is -0.496 e. The molecule has 2 heterocycles. The van der Waals surface area contributed by atoms with Gasteiger partial charge in [-0.05, 0) is 43.4 Å². The summed E-state index contributed by atoms with van der Waals surface area (Å²) in [5.41, 5.74) is 1.70. The van der Waals surface area contributed by atoms with Crippen LogP contribution in [0.4, 0.5) is 0 Å². The van der Waals surface area contributed by atoms with Gasteiger partial charge in [0.15, 0.2) is 12.1 Å². The molecular formula is C22H31N3O3. The number of aromatic nitrogens is 1. The molecule has 1 aromatic heterocycles. The number of hydrogen-bond acceptors (Lipinski definition) is 5. The van der Waals surface area contributed by atoms with Crippen molar-refractivity contribution < 1.29 is 13.9 Å². The number of benzene rings is 1. The third-order valence-electron chi connectivity index (χ3n) is 5.54. The number of methoxy groups -OCH3 is 1. The first-order valence-electron chi connectivity index (χ1n) is 10.1. The van der Waals surface area contributed by atoms with Crippen LogP contribution in [0.2, 0.25) is 0 Å². The number of aryl methyl sites for hydroxylation is 1. The normalized spacial score (nSPS) is 17.5. The van der Waals surface area contributed by atoms with E-state index < -0.39 is 0 Å². The van der Waals surface area contributed by atoms with Crippen LogP contribution in [0.5, 0.6) is 5.75 Å². The molecule has 6 heteroatoms. The van der Waals surface area contributed by atoms with Crippen LogP contribution in [-0.2, 0) is 12.8 Å². The summed E-state index contributed by atoms with van der Waals surface area (Å²) >= 11 is 0. The quantitative estimate of drug-likeness (QED) is 0.698. The van der Waals surface area contributed by atoms with E-state index in [9.17, 15) is 4.79 Å². The molecule has 1 fully saturated rings. The molecule has 0 unspecified atom stereocenters. The third kappa shape index (κ3) is 4.93. The molecule has 0 radical (unpaired) electrons. The number of ether oxygens (including phenoxy) is 1. The lowest BCUT2D eigenvalue weighted by atomic mass is 9.97. The molecule has 6 nitrogen and oxygen atoms in total.